The SMILES string of the molecule is COC(=O)[C@@H]1C[C@H](SC(C)=O)CN1C(=O)[C@]1(C)CCCN1C(=O)OC(C)(C)C. The van der Waals surface area contributed by atoms with Gasteiger partial charge in [0.15, 0.2) is 5.12 Å². The van der Waals surface area contributed by atoms with Crippen LogP contribution in [-0.4, -0.2) is 75.5 Å². The number of ether oxygens (including phenoxy) is 2. The first-order chi connectivity index (χ1) is 12.9. The second-order valence-electron chi connectivity index (χ2n) is 8.47. The van der Waals surface area contributed by atoms with Crippen LogP contribution >= 0.6 is 11.8 Å². The van der Waals surface area contributed by atoms with Gasteiger partial charge in [-0.3, -0.25) is 14.5 Å². The zero-order chi connectivity index (χ0) is 21.3. The van der Waals surface area contributed by atoms with E-state index in [0.29, 0.717) is 25.8 Å². The minimum atomic E-state index is -1.09. The molecule has 0 N–H and O–H groups in total. The molecule has 2 saturated heterocycles. The molecule has 0 saturated carbocycles. The molecule has 2 rings (SSSR count). The standard InChI is InChI=1S/C19H30N2O6S/c1-12(22)28-13-10-14(15(23)26-6)20(11-13)16(24)19(5)8-7-9-21(19)17(25)27-18(2,3)4/h13-14H,7-11H2,1-6H3/t13-,14-,19-/m0/s1. The Kier molecular flexibility index (Phi) is 6.68. The predicted molar refractivity (Wildman–Crippen MR) is 105 cm³/mol. The lowest BCUT2D eigenvalue weighted by Gasteiger charge is -2.38. The van der Waals surface area contributed by atoms with Gasteiger partial charge in [0, 0.05) is 25.3 Å². The van der Waals surface area contributed by atoms with E-state index in [1.54, 1.807) is 27.7 Å². The number of likely N-dealkylation sites (tertiary alicyclic amines) is 2. The first-order valence-corrected chi connectivity index (χ1v) is 10.3. The minimum Gasteiger partial charge on any atom is -0.467 e. The fourth-order valence-electron chi connectivity index (χ4n) is 3.81. The summed E-state index contributed by atoms with van der Waals surface area (Å²) < 4.78 is 10.3. The summed E-state index contributed by atoms with van der Waals surface area (Å²) in [4.78, 5) is 52.8. The molecule has 0 aromatic rings. The van der Waals surface area contributed by atoms with E-state index in [2.05, 4.69) is 0 Å². The molecule has 3 atom stereocenters. The lowest BCUT2D eigenvalue weighted by atomic mass is 9.96. The van der Waals surface area contributed by atoms with Crippen LogP contribution in [0.4, 0.5) is 4.79 Å². The molecular formula is C19H30N2O6S. The number of amides is 2. The van der Waals surface area contributed by atoms with E-state index in [-0.39, 0.29) is 22.8 Å². The first kappa shape index (κ1) is 22.5. The predicted octanol–water partition coefficient (Wildman–Crippen LogP) is 2.20. The second kappa shape index (κ2) is 8.31. The number of carbonyl (C=O) groups excluding carboxylic acids is 4. The molecule has 2 amide bonds. The lowest BCUT2D eigenvalue weighted by Crippen LogP contribution is -2.59. The fraction of sp³-hybridized carbons (Fsp3) is 0.789. The van der Waals surface area contributed by atoms with E-state index < -0.39 is 29.2 Å². The summed E-state index contributed by atoms with van der Waals surface area (Å²) in [5, 5.41) is -0.240. The van der Waals surface area contributed by atoms with Gasteiger partial charge in [0.25, 0.3) is 0 Å². The molecule has 2 heterocycles. The molecule has 0 radical (unpaired) electrons. The van der Waals surface area contributed by atoms with Crippen LogP contribution < -0.4 is 0 Å². The summed E-state index contributed by atoms with van der Waals surface area (Å²) in [7, 11) is 1.28. The first-order valence-electron chi connectivity index (χ1n) is 9.46. The summed E-state index contributed by atoms with van der Waals surface area (Å²) >= 11 is 1.13. The largest absolute Gasteiger partial charge is 0.467 e. The molecular weight excluding hydrogens is 384 g/mol. The van der Waals surface area contributed by atoms with Crippen LogP contribution in [0, 0.1) is 0 Å². The number of thioether (sulfide) groups is 1. The second-order valence-corrected chi connectivity index (χ2v) is 9.95. The molecule has 9 heteroatoms. The van der Waals surface area contributed by atoms with E-state index in [1.807, 2.05) is 0 Å². The highest BCUT2D eigenvalue weighted by atomic mass is 32.2. The third-order valence-corrected chi connectivity index (χ3v) is 6.05. The molecule has 0 unspecified atom stereocenters. The summed E-state index contributed by atoms with van der Waals surface area (Å²) in [6, 6.07) is -0.757. The molecule has 2 aliphatic rings. The van der Waals surface area contributed by atoms with Crippen LogP contribution in [0.1, 0.15) is 53.9 Å². The monoisotopic (exact) mass is 414 g/mol. The van der Waals surface area contributed by atoms with Crippen LogP contribution in [-0.2, 0) is 23.9 Å². The van der Waals surface area contributed by atoms with Crippen LogP contribution in [0.25, 0.3) is 0 Å². The summed E-state index contributed by atoms with van der Waals surface area (Å²) in [5.41, 5.74) is -1.76. The Morgan fingerprint density at radius 2 is 1.82 bits per heavy atom. The Balaban J connectivity index is 2.25. The third-order valence-electron chi connectivity index (χ3n) is 5.05. The molecule has 0 bridgehead atoms. The molecule has 0 aliphatic carbocycles. The molecule has 2 fully saturated rings. The van der Waals surface area contributed by atoms with Gasteiger partial charge in [-0.25, -0.2) is 9.59 Å². The Morgan fingerprint density at radius 3 is 2.36 bits per heavy atom. The maximum Gasteiger partial charge on any atom is 0.411 e. The van der Waals surface area contributed by atoms with Crippen LogP contribution in [0.3, 0.4) is 0 Å². The molecule has 0 aromatic heterocycles. The highest BCUT2D eigenvalue weighted by molar-refractivity contribution is 8.14. The van der Waals surface area contributed by atoms with Crippen molar-refractivity contribution in [2.45, 2.75) is 76.3 Å². The number of carbonyl (C=O) groups is 4. The van der Waals surface area contributed by atoms with Gasteiger partial charge >= 0.3 is 12.1 Å². The van der Waals surface area contributed by atoms with Crippen molar-refractivity contribution < 1.29 is 28.7 Å². The van der Waals surface area contributed by atoms with Gasteiger partial charge in [0.1, 0.15) is 17.2 Å². The summed E-state index contributed by atoms with van der Waals surface area (Å²) in [5.74, 6) is -0.816. The molecule has 158 valence electrons. The van der Waals surface area contributed by atoms with Crippen LogP contribution in [0.5, 0.6) is 0 Å². The average Bonchev–Trinajstić information content (AvgIpc) is 3.15. The number of nitrogens with zero attached hydrogens (tertiary/aromatic N) is 2. The van der Waals surface area contributed by atoms with E-state index in [1.165, 1.54) is 23.8 Å². The van der Waals surface area contributed by atoms with Gasteiger partial charge in [-0.15, -0.1) is 0 Å². The van der Waals surface area contributed by atoms with E-state index in [4.69, 9.17) is 9.47 Å². The normalized spacial score (nSPS) is 27.6. The van der Waals surface area contributed by atoms with Gasteiger partial charge in [-0.05, 0) is 47.0 Å². The molecule has 0 aromatic carbocycles. The molecule has 8 nitrogen and oxygen atoms in total. The Bertz CT molecular complexity index is 661. The maximum absolute atomic E-state index is 13.5. The lowest BCUT2D eigenvalue weighted by molar-refractivity contribution is -0.154. The van der Waals surface area contributed by atoms with E-state index in [0.717, 1.165) is 11.8 Å². The van der Waals surface area contributed by atoms with Crippen LogP contribution in [0.2, 0.25) is 0 Å². The van der Waals surface area contributed by atoms with Crippen molar-refractivity contribution in [1.82, 2.24) is 9.80 Å². The Labute approximate surface area is 170 Å². The highest BCUT2D eigenvalue weighted by Crippen LogP contribution is 2.37. The van der Waals surface area contributed by atoms with E-state index in [9.17, 15) is 19.2 Å². The van der Waals surface area contributed by atoms with Gasteiger partial charge < -0.3 is 14.4 Å². The Morgan fingerprint density at radius 1 is 1.18 bits per heavy atom. The number of rotatable bonds is 3. The zero-order valence-corrected chi connectivity index (χ0v) is 18.3. The van der Waals surface area contributed by atoms with Crippen molar-refractivity contribution in [3.8, 4) is 0 Å². The average molecular weight is 415 g/mol. The molecule has 0 spiro atoms. The molecule has 2 aliphatic heterocycles. The zero-order valence-electron chi connectivity index (χ0n) is 17.4. The third kappa shape index (κ3) is 4.79. The van der Waals surface area contributed by atoms with Crippen molar-refractivity contribution >= 4 is 34.8 Å². The number of hydrogen-bond donors (Lipinski definition) is 0. The van der Waals surface area contributed by atoms with Gasteiger partial charge in [0.05, 0.1) is 7.11 Å². The summed E-state index contributed by atoms with van der Waals surface area (Å²) in [6.07, 6.45) is 0.971. The number of methoxy groups -OCH3 is 1. The molecule has 28 heavy (non-hydrogen) atoms. The maximum atomic E-state index is 13.5. The van der Waals surface area contributed by atoms with Gasteiger partial charge in [0.2, 0.25) is 5.91 Å². The van der Waals surface area contributed by atoms with Gasteiger partial charge in [-0.1, -0.05) is 11.8 Å². The van der Waals surface area contributed by atoms with Crippen molar-refractivity contribution in [2.24, 2.45) is 0 Å². The highest BCUT2D eigenvalue weighted by Gasteiger charge is 2.53. The summed E-state index contributed by atoms with van der Waals surface area (Å²) in [6.45, 7) is 9.18. The van der Waals surface area contributed by atoms with Crippen LogP contribution in [0.15, 0.2) is 0 Å². The minimum absolute atomic E-state index is 0.0645. The van der Waals surface area contributed by atoms with Crippen molar-refractivity contribution in [2.75, 3.05) is 20.2 Å². The van der Waals surface area contributed by atoms with E-state index >= 15 is 0 Å². The van der Waals surface area contributed by atoms with Crippen molar-refractivity contribution in [1.29, 1.82) is 0 Å². The topological polar surface area (TPSA) is 93.2 Å². The van der Waals surface area contributed by atoms with Crippen molar-refractivity contribution in [3.63, 3.8) is 0 Å². The van der Waals surface area contributed by atoms with Crippen molar-refractivity contribution in [3.05, 3.63) is 0 Å². The smallest absolute Gasteiger partial charge is 0.411 e. The number of hydrogen-bond acceptors (Lipinski definition) is 7. The van der Waals surface area contributed by atoms with Gasteiger partial charge in [-0.2, -0.15) is 0 Å². The number of esters is 1. The fourth-order valence-corrected chi connectivity index (χ4v) is 4.79. The quantitative estimate of drug-likeness (QED) is 0.654. The Hall–Kier alpha value is -1.77.